The average Bonchev–Trinajstić information content (AvgIpc) is 2.30. The van der Waals surface area contributed by atoms with Gasteiger partial charge in [0.05, 0.1) is 12.6 Å². The number of aromatic hydroxyl groups is 1. The first-order valence-electron chi connectivity index (χ1n) is 6.24. The van der Waals surface area contributed by atoms with Crippen LogP contribution >= 0.6 is 0 Å². The Hall–Kier alpha value is -1.10. The monoisotopic (exact) mass is 252 g/mol. The predicted octanol–water partition coefficient (Wildman–Crippen LogP) is 1.19. The minimum absolute atomic E-state index is 0.0527. The maximum absolute atomic E-state index is 9.74. The number of nitrogens with zero attached hydrogens (tertiary/aromatic N) is 1. The van der Waals surface area contributed by atoms with E-state index in [0.29, 0.717) is 5.75 Å². The Bertz CT molecular complexity index is 368. The van der Waals surface area contributed by atoms with Crippen molar-refractivity contribution in [2.45, 2.75) is 19.9 Å². The molecule has 1 atom stereocenters. The van der Waals surface area contributed by atoms with Gasteiger partial charge in [-0.3, -0.25) is 0 Å². The van der Waals surface area contributed by atoms with Gasteiger partial charge in [-0.15, -0.1) is 0 Å². The predicted molar refractivity (Wildman–Crippen MR) is 74.0 cm³/mol. The van der Waals surface area contributed by atoms with Gasteiger partial charge in [-0.1, -0.05) is 12.1 Å². The molecule has 1 aromatic carbocycles. The molecule has 0 bridgehead atoms. The SMILES string of the molecule is Cc1cc(C(CO)NCCN(C)C)cc(C)c1O. The summed E-state index contributed by atoms with van der Waals surface area (Å²) in [7, 11) is 4.04. The van der Waals surface area contributed by atoms with Crippen molar-refractivity contribution >= 4 is 0 Å². The van der Waals surface area contributed by atoms with E-state index in [1.165, 1.54) is 0 Å². The lowest BCUT2D eigenvalue weighted by Gasteiger charge is -2.20. The summed E-state index contributed by atoms with van der Waals surface area (Å²) in [6.07, 6.45) is 0. The van der Waals surface area contributed by atoms with Gasteiger partial charge < -0.3 is 20.4 Å². The highest BCUT2D eigenvalue weighted by molar-refractivity contribution is 5.43. The summed E-state index contributed by atoms with van der Waals surface area (Å²) in [6, 6.07) is 3.76. The van der Waals surface area contributed by atoms with Gasteiger partial charge in [0.1, 0.15) is 5.75 Å². The number of nitrogens with one attached hydrogen (secondary N) is 1. The second-order valence-corrected chi connectivity index (χ2v) is 5.00. The van der Waals surface area contributed by atoms with Crippen molar-refractivity contribution in [1.29, 1.82) is 0 Å². The van der Waals surface area contributed by atoms with Crippen LogP contribution in [0.3, 0.4) is 0 Å². The molecule has 1 unspecified atom stereocenters. The van der Waals surface area contributed by atoms with Crippen LogP contribution in [0.4, 0.5) is 0 Å². The first-order chi connectivity index (χ1) is 8.45. The maximum Gasteiger partial charge on any atom is 0.121 e. The largest absolute Gasteiger partial charge is 0.507 e. The Balaban J connectivity index is 2.76. The topological polar surface area (TPSA) is 55.7 Å². The second kappa shape index (κ2) is 6.73. The first kappa shape index (κ1) is 15.0. The highest BCUT2D eigenvalue weighted by Crippen LogP contribution is 2.25. The third-order valence-electron chi connectivity index (χ3n) is 3.05. The molecule has 18 heavy (non-hydrogen) atoms. The number of phenols is 1. The van der Waals surface area contributed by atoms with Crippen molar-refractivity contribution in [2.75, 3.05) is 33.8 Å². The number of aryl methyl sites for hydroxylation is 2. The third kappa shape index (κ3) is 3.98. The van der Waals surface area contributed by atoms with Crippen LogP contribution in [0.2, 0.25) is 0 Å². The Morgan fingerprint density at radius 1 is 1.22 bits per heavy atom. The molecule has 102 valence electrons. The fourth-order valence-corrected chi connectivity index (χ4v) is 1.94. The van der Waals surface area contributed by atoms with Gasteiger partial charge in [0.15, 0.2) is 0 Å². The normalized spacial score (nSPS) is 13.0. The zero-order chi connectivity index (χ0) is 13.7. The lowest BCUT2D eigenvalue weighted by molar-refractivity contribution is 0.240. The smallest absolute Gasteiger partial charge is 0.121 e. The van der Waals surface area contributed by atoms with Gasteiger partial charge in [0.25, 0.3) is 0 Å². The summed E-state index contributed by atoms with van der Waals surface area (Å²) in [5.74, 6) is 0.337. The third-order valence-corrected chi connectivity index (χ3v) is 3.05. The van der Waals surface area contributed by atoms with E-state index in [9.17, 15) is 10.2 Å². The summed E-state index contributed by atoms with van der Waals surface area (Å²) in [6.45, 7) is 5.54. The second-order valence-electron chi connectivity index (χ2n) is 5.00. The van der Waals surface area contributed by atoms with Gasteiger partial charge in [0.2, 0.25) is 0 Å². The average molecular weight is 252 g/mol. The highest BCUT2D eigenvalue weighted by Gasteiger charge is 2.12. The molecule has 0 aliphatic rings. The van der Waals surface area contributed by atoms with Crippen LogP contribution in [-0.2, 0) is 0 Å². The van der Waals surface area contributed by atoms with E-state index in [-0.39, 0.29) is 12.6 Å². The molecule has 4 heteroatoms. The molecule has 0 aliphatic heterocycles. The van der Waals surface area contributed by atoms with Crippen LogP contribution in [0.15, 0.2) is 12.1 Å². The van der Waals surface area contributed by atoms with Gasteiger partial charge in [-0.25, -0.2) is 0 Å². The van der Waals surface area contributed by atoms with E-state index in [0.717, 1.165) is 29.8 Å². The zero-order valence-electron chi connectivity index (χ0n) is 11.7. The lowest BCUT2D eigenvalue weighted by Crippen LogP contribution is -2.31. The van der Waals surface area contributed by atoms with Gasteiger partial charge >= 0.3 is 0 Å². The molecule has 1 aromatic rings. The molecule has 0 amide bonds. The first-order valence-corrected chi connectivity index (χ1v) is 6.24. The van der Waals surface area contributed by atoms with E-state index in [1.54, 1.807) is 0 Å². The summed E-state index contributed by atoms with van der Waals surface area (Å²) < 4.78 is 0. The molecule has 1 rings (SSSR count). The fraction of sp³-hybridized carbons (Fsp3) is 0.571. The Morgan fingerprint density at radius 3 is 2.22 bits per heavy atom. The van der Waals surface area contributed by atoms with Gasteiger partial charge in [-0.05, 0) is 44.6 Å². The van der Waals surface area contributed by atoms with E-state index in [1.807, 2.05) is 40.1 Å². The number of hydrogen-bond donors (Lipinski definition) is 3. The maximum atomic E-state index is 9.74. The van der Waals surface area contributed by atoms with Crippen molar-refractivity contribution in [1.82, 2.24) is 10.2 Å². The number of likely N-dealkylation sites (N-methyl/N-ethyl adjacent to an activating group) is 1. The summed E-state index contributed by atoms with van der Waals surface area (Å²) in [5, 5.41) is 22.5. The Morgan fingerprint density at radius 2 is 1.78 bits per heavy atom. The number of rotatable bonds is 6. The van der Waals surface area contributed by atoms with Crippen molar-refractivity contribution in [3.8, 4) is 5.75 Å². The minimum atomic E-state index is -0.0806. The molecular weight excluding hydrogens is 228 g/mol. The molecule has 0 spiro atoms. The van der Waals surface area contributed by atoms with Gasteiger partial charge in [-0.2, -0.15) is 0 Å². The number of hydrogen-bond acceptors (Lipinski definition) is 4. The van der Waals surface area contributed by atoms with Crippen LogP contribution in [0.25, 0.3) is 0 Å². The van der Waals surface area contributed by atoms with Gasteiger partial charge in [0, 0.05) is 13.1 Å². The molecule has 0 saturated carbocycles. The van der Waals surface area contributed by atoms with Crippen molar-refractivity contribution in [3.63, 3.8) is 0 Å². The van der Waals surface area contributed by atoms with E-state index in [4.69, 9.17) is 0 Å². The minimum Gasteiger partial charge on any atom is -0.507 e. The standard InChI is InChI=1S/C14H24N2O2/c1-10-7-12(8-11(2)14(10)18)13(9-17)15-5-6-16(3)4/h7-8,13,15,17-18H,5-6,9H2,1-4H3. The van der Waals surface area contributed by atoms with Crippen LogP contribution < -0.4 is 5.32 Å². The van der Waals surface area contributed by atoms with Crippen molar-refractivity contribution in [2.24, 2.45) is 0 Å². The molecule has 3 N–H and O–H groups in total. The number of aliphatic hydroxyl groups is 1. The quantitative estimate of drug-likeness (QED) is 0.712. The molecule has 0 saturated heterocycles. The van der Waals surface area contributed by atoms with Crippen molar-refractivity contribution in [3.05, 3.63) is 28.8 Å². The molecule has 4 nitrogen and oxygen atoms in total. The van der Waals surface area contributed by atoms with E-state index < -0.39 is 0 Å². The molecule has 0 fully saturated rings. The molecule has 0 heterocycles. The highest BCUT2D eigenvalue weighted by atomic mass is 16.3. The summed E-state index contributed by atoms with van der Waals surface area (Å²) >= 11 is 0. The molecular formula is C14H24N2O2. The fourth-order valence-electron chi connectivity index (χ4n) is 1.94. The van der Waals surface area contributed by atoms with Crippen LogP contribution in [0, 0.1) is 13.8 Å². The number of phenolic OH excluding ortho intramolecular Hbond substituents is 1. The Kier molecular flexibility index (Phi) is 5.59. The Labute approximate surface area is 109 Å². The van der Waals surface area contributed by atoms with Crippen LogP contribution in [0.5, 0.6) is 5.75 Å². The zero-order valence-corrected chi connectivity index (χ0v) is 11.7. The van der Waals surface area contributed by atoms with E-state index >= 15 is 0 Å². The van der Waals surface area contributed by atoms with Crippen molar-refractivity contribution < 1.29 is 10.2 Å². The molecule has 0 aromatic heterocycles. The van der Waals surface area contributed by atoms with E-state index in [2.05, 4.69) is 10.2 Å². The van der Waals surface area contributed by atoms with Crippen LogP contribution in [0.1, 0.15) is 22.7 Å². The molecule has 0 aliphatic carbocycles. The lowest BCUT2D eigenvalue weighted by atomic mass is 10.0. The number of benzene rings is 1. The number of aliphatic hydroxyl groups excluding tert-OH is 1. The molecule has 0 radical (unpaired) electrons. The van der Waals surface area contributed by atoms with Crippen LogP contribution in [-0.4, -0.2) is 48.9 Å². The summed E-state index contributed by atoms with van der Waals surface area (Å²) in [5.41, 5.74) is 2.71. The summed E-state index contributed by atoms with van der Waals surface area (Å²) in [4.78, 5) is 2.09.